The third-order valence-electron chi connectivity index (χ3n) is 6.13. The molecule has 0 spiro atoms. The molecule has 15 nitrogen and oxygen atoms in total. The Morgan fingerprint density at radius 3 is 2.40 bits per heavy atom. The van der Waals surface area contributed by atoms with Gasteiger partial charge in [-0.1, -0.05) is 0 Å². The Balaban J connectivity index is 1.18. The van der Waals surface area contributed by atoms with E-state index in [9.17, 15) is 13.2 Å². The first-order valence-corrected chi connectivity index (χ1v) is 13.8. The summed E-state index contributed by atoms with van der Waals surface area (Å²) in [6, 6.07) is 11.9. The second kappa shape index (κ2) is 10.7. The number of H-pyrrole nitrogens is 1. The number of aromatic amines is 1. The number of methoxy groups -OCH3 is 2. The van der Waals surface area contributed by atoms with E-state index in [2.05, 4.69) is 45.4 Å². The average Bonchev–Trinajstić information content (AvgIpc) is 3.61. The van der Waals surface area contributed by atoms with Crippen LogP contribution in [0.4, 0.5) is 22.2 Å². The highest BCUT2D eigenvalue weighted by Gasteiger charge is 2.18. The summed E-state index contributed by atoms with van der Waals surface area (Å²) in [5.74, 6) is 1.80. The van der Waals surface area contributed by atoms with E-state index >= 15 is 0 Å². The van der Waals surface area contributed by atoms with Crippen molar-refractivity contribution in [3.8, 4) is 17.3 Å². The molecule has 0 radical (unpaired) electrons. The van der Waals surface area contributed by atoms with Crippen LogP contribution in [0.25, 0.3) is 27.8 Å². The minimum Gasteiger partial charge on any atom is -0.493 e. The van der Waals surface area contributed by atoms with Crippen LogP contribution >= 0.6 is 0 Å². The van der Waals surface area contributed by atoms with Crippen molar-refractivity contribution >= 4 is 55.4 Å². The maximum absolute atomic E-state index is 12.7. The van der Waals surface area contributed by atoms with Crippen LogP contribution in [0.15, 0.2) is 78.3 Å². The van der Waals surface area contributed by atoms with Crippen molar-refractivity contribution in [2.45, 2.75) is 4.90 Å². The van der Waals surface area contributed by atoms with Gasteiger partial charge in [-0.25, -0.2) is 42.6 Å². The molecule has 4 N–H and O–H groups in total. The minimum atomic E-state index is -3.91. The molecule has 42 heavy (non-hydrogen) atoms. The number of fused-ring (bicyclic) bond motifs is 3. The first-order valence-electron chi connectivity index (χ1n) is 12.3. The van der Waals surface area contributed by atoms with E-state index in [1.54, 1.807) is 32.5 Å². The summed E-state index contributed by atoms with van der Waals surface area (Å²) in [7, 11) is -0.787. The molecular weight excluding hydrogens is 564 g/mol. The van der Waals surface area contributed by atoms with E-state index < -0.39 is 16.1 Å². The Labute approximate surface area is 238 Å². The number of nitrogens with one attached hydrogen (secondary N) is 4. The van der Waals surface area contributed by atoms with Crippen LogP contribution in [0, 0.1) is 0 Å². The zero-order chi connectivity index (χ0) is 29.3. The van der Waals surface area contributed by atoms with E-state index in [1.165, 1.54) is 47.7 Å². The summed E-state index contributed by atoms with van der Waals surface area (Å²) >= 11 is 0. The Morgan fingerprint density at radius 2 is 1.67 bits per heavy atom. The fourth-order valence-corrected chi connectivity index (χ4v) is 5.20. The zero-order valence-corrected chi connectivity index (χ0v) is 22.9. The van der Waals surface area contributed by atoms with E-state index in [-0.39, 0.29) is 16.7 Å². The second-order valence-corrected chi connectivity index (χ2v) is 10.4. The van der Waals surface area contributed by atoms with Crippen LogP contribution in [-0.2, 0) is 10.0 Å². The van der Waals surface area contributed by atoms with Crippen LogP contribution in [0.1, 0.15) is 0 Å². The molecule has 2 aromatic carbocycles. The number of aromatic nitrogens is 7. The predicted molar refractivity (Wildman–Crippen MR) is 154 cm³/mol. The smallest absolute Gasteiger partial charge is 0.324 e. The normalized spacial score (nSPS) is 11.4. The first kappa shape index (κ1) is 26.5. The van der Waals surface area contributed by atoms with Crippen molar-refractivity contribution < 1.29 is 22.7 Å². The Morgan fingerprint density at radius 1 is 0.929 bits per heavy atom. The monoisotopic (exact) mass is 586 g/mol. The van der Waals surface area contributed by atoms with E-state index in [1.807, 2.05) is 12.1 Å². The third kappa shape index (κ3) is 5.08. The lowest BCUT2D eigenvalue weighted by Gasteiger charge is -2.09. The minimum absolute atomic E-state index is 0.0239. The van der Waals surface area contributed by atoms with E-state index in [4.69, 9.17) is 9.47 Å². The van der Waals surface area contributed by atoms with Crippen LogP contribution < -0.4 is 24.8 Å². The molecule has 0 aliphatic carbocycles. The molecule has 4 heterocycles. The molecule has 0 aliphatic heterocycles. The molecule has 0 saturated carbocycles. The van der Waals surface area contributed by atoms with Crippen molar-refractivity contribution in [3.05, 3.63) is 73.4 Å². The summed E-state index contributed by atoms with van der Waals surface area (Å²) in [5.41, 5.74) is 1.73. The second-order valence-electron chi connectivity index (χ2n) is 8.73. The highest BCUT2D eigenvalue weighted by molar-refractivity contribution is 7.92. The molecule has 0 unspecified atom stereocenters. The zero-order valence-electron chi connectivity index (χ0n) is 22.1. The number of carbonyl (C=O) groups is 1. The Kier molecular flexibility index (Phi) is 6.71. The van der Waals surface area contributed by atoms with Gasteiger partial charge in [0.05, 0.1) is 30.0 Å². The highest BCUT2D eigenvalue weighted by Crippen LogP contribution is 2.36. The van der Waals surface area contributed by atoms with Gasteiger partial charge in [0, 0.05) is 41.8 Å². The van der Waals surface area contributed by atoms with Crippen LogP contribution in [-0.4, -0.2) is 63.4 Å². The molecule has 16 heteroatoms. The van der Waals surface area contributed by atoms with E-state index in [0.717, 1.165) is 10.9 Å². The molecule has 0 atom stereocenters. The molecule has 0 saturated heterocycles. The van der Waals surface area contributed by atoms with E-state index in [0.29, 0.717) is 34.0 Å². The first-order chi connectivity index (χ1) is 20.3. The number of hydrogen-bond acceptors (Lipinski definition) is 10. The fraction of sp³-hybridized carbons (Fsp3) is 0.0769. The lowest BCUT2D eigenvalue weighted by atomic mass is 10.2. The molecule has 6 aromatic rings. The molecule has 2 amide bonds. The van der Waals surface area contributed by atoms with Gasteiger partial charge in [-0.2, -0.15) is 0 Å². The topological polar surface area (TPSA) is 191 Å². The predicted octanol–water partition coefficient (Wildman–Crippen LogP) is 3.55. The SMILES string of the molecule is COc1cc2[nH]c3ncnc(-n4ccc(NC(=O)Nc5ccc(S(=O)(=O)Nc6ncccn6)cc5)n4)c3c2cc1OC. The molecular formula is C26H22N10O5S. The number of rotatable bonds is 8. The molecule has 4 aromatic heterocycles. The summed E-state index contributed by atoms with van der Waals surface area (Å²) in [6.07, 6.45) is 5.91. The number of amides is 2. The van der Waals surface area contributed by atoms with Crippen molar-refractivity contribution in [1.29, 1.82) is 0 Å². The lowest BCUT2D eigenvalue weighted by Crippen LogP contribution is -2.20. The highest BCUT2D eigenvalue weighted by atomic mass is 32.2. The summed E-state index contributed by atoms with van der Waals surface area (Å²) in [6.45, 7) is 0. The van der Waals surface area contributed by atoms with Crippen LogP contribution in [0.3, 0.4) is 0 Å². The van der Waals surface area contributed by atoms with Gasteiger partial charge in [0.15, 0.2) is 23.1 Å². The number of hydrogen-bond donors (Lipinski definition) is 4. The van der Waals surface area contributed by atoms with Gasteiger partial charge in [0.1, 0.15) is 12.0 Å². The van der Waals surface area contributed by atoms with Gasteiger partial charge < -0.3 is 19.8 Å². The molecule has 6 rings (SSSR count). The van der Waals surface area contributed by atoms with Crippen molar-refractivity contribution in [1.82, 2.24) is 34.7 Å². The summed E-state index contributed by atoms with van der Waals surface area (Å²) in [5, 5.41) is 11.3. The van der Waals surface area contributed by atoms with Crippen LogP contribution in [0.5, 0.6) is 11.5 Å². The van der Waals surface area contributed by atoms with Gasteiger partial charge in [-0.3, -0.25) is 5.32 Å². The van der Waals surface area contributed by atoms with Crippen molar-refractivity contribution in [2.75, 3.05) is 29.6 Å². The number of anilines is 3. The Hall–Kier alpha value is -5.77. The third-order valence-corrected chi connectivity index (χ3v) is 7.48. The molecule has 0 bridgehead atoms. The maximum atomic E-state index is 12.7. The summed E-state index contributed by atoms with van der Waals surface area (Å²) < 4.78 is 39.8. The van der Waals surface area contributed by atoms with Gasteiger partial charge in [-0.05, 0) is 36.4 Å². The maximum Gasteiger partial charge on any atom is 0.324 e. The number of carbonyl (C=O) groups excluding carboxylic acids is 1. The largest absolute Gasteiger partial charge is 0.493 e. The number of ether oxygens (including phenoxy) is 2. The quantitative estimate of drug-likeness (QED) is 0.205. The average molecular weight is 587 g/mol. The van der Waals surface area contributed by atoms with Crippen molar-refractivity contribution in [2.24, 2.45) is 0 Å². The van der Waals surface area contributed by atoms with Gasteiger partial charge in [0.2, 0.25) is 5.95 Å². The lowest BCUT2D eigenvalue weighted by molar-refractivity contribution is 0.262. The van der Waals surface area contributed by atoms with Crippen LogP contribution in [0.2, 0.25) is 0 Å². The molecule has 0 fully saturated rings. The number of sulfonamides is 1. The molecule has 0 aliphatic rings. The molecule has 212 valence electrons. The number of urea groups is 1. The standard InChI is InChI=1S/C26H22N10O5S/c1-40-19-12-17-18(13-20(19)41-2)32-23-22(17)24(30-14-29-23)36-11-8-21(34-36)33-26(37)31-15-4-6-16(7-5-15)42(38,39)35-25-27-9-3-10-28-25/h3-14H,1-2H3,(H,27,28,35)(H,29,30,32)(H2,31,33,34,37). The van der Waals surface area contributed by atoms with Crippen molar-refractivity contribution in [3.63, 3.8) is 0 Å². The van der Waals surface area contributed by atoms with Gasteiger partial charge >= 0.3 is 6.03 Å². The number of benzene rings is 2. The van der Waals surface area contributed by atoms with Gasteiger partial charge in [0.25, 0.3) is 10.0 Å². The van der Waals surface area contributed by atoms with Gasteiger partial charge in [-0.15, -0.1) is 5.10 Å². The Bertz CT molecular complexity index is 2030. The fourth-order valence-electron chi connectivity index (χ4n) is 4.25. The summed E-state index contributed by atoms with van der Waals surface area (Å²) in [4.78, 5) is 32.3. The number of nitrogens with zero attached hydrogens (tertiary/aromatic N) is 6.